The fraction of sp³-hybridized carbons (Fsp3) is 0.346. The average molecular weight is 449 g/mol. The first-order valence-corrected chi connectivity index (χ1v) is 11.1. The number of ketones is 1. The third kappa shape index (κ3) is 4.49. The average Bonchev–Trinajstić information content (AvgIpc) is 3.18. The second-order valence-corrected chi connectivity index (χ2v) is 8.47. The van der Waals surface area contributed by atoms with Gasteiger partial charge < -0.3 is 18.9 Å². The molecule has 3 aromatic rings. The van der Waals surface area contributed by atoms with Crippen LogP contribution in [-0.2, 0) is 23.0 Å². The molecule has 172 valence electrons. The Morgan fingerprint density at radius 3 is 2.33 bits per heavy atom. The van der Waals surface area contributed by atoms with Crippen molar-refractivity contribution in [1.29, 1.82) is 0 Å². The van der Waals surface area contributed by atoms with E-state index in [9.17, 15) is 14.4 Å². The molecule has 0 aliphatic carbocycles. The fourth-order valence-electron chi connectivity index (χ4n) is 4.59. The van der Waals surface area contributed by atoms with E-state index in [0.29, 0.717) is 41.2 Å². The number of esters is 1. The second-order valence-electron chi connectivity index (χ2n) is 8.47. The van der Waals surface area contributed by atoms with Gasteiger partial charge in [0.05, 0.1) is 30.9 Å². The molecule has 0 saturated carbocycles. The van der Waals surface area contributed by atoms with Gasteiger partial charge in [0.25, 0.3) is 11.7 Å². The number of benzene rings is 2. The van der Waals surface area contributed by atoms with Gasteiger partial charge in [-0.3, -0.25) is 9.59 Å². The Hall–Kier alpha value is -3.61. The SMILES string of the molecule is COC(=O)C(=O)c1cn(C)c2cc(OC)c(C(=O)N3CCC(Cc4ccccc4)CC3)cc12. The quantitative estimate of drug-likeness (QED) is 0.327. The minimum absolute atomic E-state index is 0.132. The number of aromatic nitrogens is 1. The highest BCUT2D eigenvalue weighted by molar-refractivity contribution is 6.43. The number of aryl methyl sites for hydroxylation is 1. The molecule has 1 aromatic heterocycles. The van der Waals surface area contributed by atoms with Crippen LogP contribution in [0.3, 0.4) is 0 Å². The van der Waals surface area contributed by atoms with Gasteiger partial charge in [0.1, 0.15) is 5.75 Å². The zero-order valence-electron chi connectivity index (χ0n) is 19.2. The number of amides is 1. The molecule has 1 aliphatic heterocycles. The van der Waals surface area contributed by atoms with E-state index in [1.54, 1.807) is 29.9 Å². The number of hydrogen-bond donors (Lipinski definition) is 0. The van der Waals surface area contributed by atoms with Gasteiger partial charge in [0.2, 0.25) is 0 Å². The van der Waals surface area contributed by atoms with Crippen LogP contribution in [0.4, 0.5) is 0 Å². The predicted octanol–water partition coefficient (Wildman–Crippen LogP) is 3.64. The van der Waals surface area contributed by atoms with Crippen LogP contribution < -0.4 is 4.74 Å². The first kappa shape index (κ1) is 22.6. The molecule has 2 aromatic carbocycles. The van der Waals surface area contributed by atoms with E-state index in [1.165, 1.54) is 19.8 Å². The van der Waals surface area contributed by atoms with E-state index in [0.717, 1.165) is 19.3 Å². The van der Waals surface area contributed by atoms with Crippen molar-refractivity contribution in [2.75, 3.05) is 27.3 Å². The van der Waals surface area contributed by atoms with Crippen molar-refractivity contribution in [1.82, 2.24) is 9.47 Å². The highest BCUT2D eigenvalue weighted by atomic mass is 16.5. The minimum Gasteiger partial charge on any atom is -0.496 e. The van der Waals surface area contributed by atoms with Gasteiger partial charge in [0.15, 0.2) is 0 Å². The van der Waals surface area contributed by atoms with E-state index in [4.69, 9.17) is 4.74 Å². The number of Topliss-reactive ketones (excluding diaryl/α,β-unsaturated/α-hetero) is 1. The summed E-state index contributed by atoms with van der Waals surface area (Å²) in [6.45, 7) is 1.33. The summed E-state index contributed by atoms with van der Waals surface area (Å²) in [6.07, 6.45) is 4.46. The molecule has 7 heteroatoms. The Kier molecular flexibility index (Phi) is 6.49. The van der Waals surface area contributed by atoms with Crippen LogP contribution in [0.2, 0.25) is 0 Å². The molecule has 33 heavy (non-hydrogen) atoms. The van der Waals surface area contributed by atoms with E-state index in [-0.39, 0.29) is 11.5 Å². The lowest BCUT2D eigenvalue weighted by Crippen LogP contribution is -2.39. The molecule has 1 aliphatic rings. The normalized spacial score (nSPS) is 14.3. The fourth-order valence-corrected chi connectivity index (χ4v) is 4.59. The molecule has 0 N–H and O–H groups in total. The van der Waals surface area contributed by atoms with E-state index >= 15 is 0 Å². The van der Waals surface area contributed by atoms with Gasteiger partial charge in [-0.25, -0.2) is 4.79 Å². The Balaban J connectivity index is 1.57. The third-order valence-corrected chi connectivity index (χ3v) is 6.43. The maximum atomic E-state index is 13.4. The molecule has 0 unspecified atom stereocenters. The monoisotopic (exact) mass is 448 g/mol. The van der Waals surface area contributed by atoms with Gasteiger partial charge in [-0.2, -0.15) is 0 Å². The lowest BCUT2D eigenvalue weighted by atomic mass is 9.90. The molecule has 1 fully saturated rings. The zero-order valence-corrected chi connectivity index (χ0v) is 19.2. The van der Waals surface area contributed by atoms with Crippen LogP contribution in [-0.4, -0.2) is 54.4 Å². The summed E-state index contributed by atoms with van der Waals surface area (Å²) in [5.74, 6) is -0.830. The molecule has 0 radical (unpaired) electrons. The summed E-state index contributed by atoms with van der Waals surface area (Å²) < 4.78 is 11.9. The summed E-state index contributed by atoms with van der Waals surface area (Å²) in [5, 5.41) is 0.524. The van der Waals surface area contributed by atoms with Gasteiger partial charge in [-0.15, -0.1) is 0 Å². The van der Waals surface area contributed by atoms with Crippen molar-refractivity contribution in [2.45, 2.75) is 19.3 Å². The van der Waals surface area contributed by atoms with Gasteiger partial charge in [0, 0.05) is 37.8 Å². The maximum absolute atomic E-state index is 13.4. The van der Waals surface area contributed by atoms with Gasteiger partial charge in [-0.05, 0) is 36.8 Å². The van der Waals surface area contributed by atoms with Gasteiger partial charge in [-0.1, -0.05) is 30.3 Å². The van der Waals surface area contributed by atoms with Crippen molar-refractivity contribution >= 4 is 28.6 Å². The molecule has 0 bridgehead atoms. The minimum atomic E-state index is -0.938. The number of nitrogens with zero attached hydrogens (tertiary/aromatic N) is 2. The highest BCUT2D eigenvalue weighted by Gasteiger charge is 2.28. The molecule has 4 rings (SSSR count). The summed E-state index contributed by atoms with van der Waals surface area (Å²) in [6, 6.07) is 13.8. The van der Waals surface area contributed by atoms with Crippen molar-refractivity contribution in [3.8, 4) is 5.75 Å². The lowest BCUT2D eigenvalue weighted by molar-refractivity contribution is -0.135. The van der Waals surface area contributed by atoms with Crippen molar-refractivity contribution < 1.29 is 23.9 Å². The molecule has 0 atom stereocenters. The van der Waals surface area contributed by atoms with Crippen LogP contribution in [0.1, 0.15) is 39.1 Å². The van der Waals surface area contributed by atoms with E-state index < -0.39 is 11.8 Å². The first-order chi connectivity index (χ1) is 15.9. The molecule has 7 nitrogen and oxygen atoms in total. The van der Waals surface area contributed by atoms with E-state index in [1.807, 2.05) is 11.0 Å². The van der Waals surface area contributed by atoms with Gasteiger partial charge >= 0.3 is 5.97 Å². The number of fused-ring (bicyclic) bond motifs is 1. The maximum Gasteiger partial charge on any atom is 0.379 e. The number of carbonyl (C=O) groups is 3. The highest BCUT2D eigenvalue weighted by Crippen LogP contribution is 2.32. The third-order valence-electron chi connectivity index (χ3n) is 6.43. The number of methoxy groups -OCH3 is 2. The number of likely N-dealkylation sites (tertiary alicyclic amines) is 1. The number of carbonyl (C=O) groups excluding carboxylic acids is 3. The van der Waals surface area contributed by atoms with Crippen LogP contribution in [0.5, 0.6) is 5.75 Å². The smallest absolute Gasteiger partial charge is 0.379 e. The molecular weight excluding hydrogens is 420 g/mol. The molecule has 0 spiro atoms. The lowest BCUT2D eigenvalue weighted by Gasteiger charge is -2.32. The zero-order chi connectivity index (χ0) is 23.5. The van der Waals surface area contributed by atoms with Crippen LogP contribution in [0, 0.1) is 5.92 Å². The standard InChI is InChI=1S/C26H28N2O5/c1-27-16-21(24(29)26(31)33-3)19-14-20(23(32-2)15-22(19)27)25(30)28-11-9-18(10-12-28)13-17-7-5-4-6-8-17/h4-8,14-16,18H,9-13H2,1-3H3. The summed E-state index contributed by atoms with van der Waals surface area (Å²) in [4.78, 5) is 39.6. The number of hydrogen-bond acceptors (Lipinski definition) is 5. The molecule has 1 saturated heterocycles. The topological polar surface area (TPSA) is 77.8 Å². The van der Waals surface area contributed by atoms with Crippen LogP contribution in [0.25, 0.3) is 10.9 Å². The Morgan fingerprint density at radius 2 is 1.70 bits per heavy atom. The number of rotatable bonds is 6. The Morgan fingerprint density at radius 1 is 1.00 bits per heavy atom. The molecule has 1 amide bonds. The molecular formula is C26H28N2O5. The summed E-state index contributed by atoms with van der Waals surface area (Å²) in [7, 11) is 4.47. The number of ether oxygens (including phenoxy) is 2. The predicted molar refractivity (Wildman–Crippen MR) is 125 cm³/mol. The van der Waals surface area contributed by atoms with Crippen molar-refractivity contribution in [3.63, 3.8) is 0 Å². The number of piperidine rings is 1. The van der Waals surface area contributed by atoms with E-state index in [2.05, 4.69) is 29.0 Å². The van der Waals surface area contributed by atoms with Crippen molar-refractivity contribution in [2.24, 2.45) is 13.0 Å². The van der Waals surface area contributed by atoms with Crippen LogP contribution in [0.15, 0.2) is 48.7 Å². The molecule has 2 heterocycles. The van der Waals surface area contributed by atoms with Crippen LogP contribution >= 0.6 is 0 Å². The summed E-state index contributed by atoms with van der Waals surface area (Å²) in [5.41, 5.74) is 2.60. The second kappa shape index (κ2) is 9.48. The first-order valence-electron chi connectivity index (χ1n) is 11.1. The Labute approximate surface area is 192 Å². The summed E-state index contributed by atoms with van der Waals surface area (Å²) >= 11 is 0. The largest absolute Gasteiger partial charge is 0.496 e. The van der Waals surface area contributed by atoms with Crippen molar-refractivity contribution in [3.05, 3.63) is 65.4 Å². The Bertz CT molecular complexity index is 1190.